The number of aromatic nitrogens is 1. The Morgan fingerprint density at radius 3 is 2.89 bits per heavy atom. The number of benzene rings is 1. The summed E-state index contributed by atoms with van der Waals surface area (Å²) >= 11 is 0. The predicted octanol–water partition coefficient (Wildman–Crippen LogP) is 2.62. The first kappa shape index (κ1) is 16.5. The molecule has 140 valence electrons. The summed E-state index contributed by atoms with van der Waals surface area (Å²) in [7, 11) is 0. The lowest BCUT2D eigenvalue weighted by Crippen LogP contribution is -2.59. The molecule has 4 heterocycles. The van der Waals surface area contributed by atoms with Crippen LogP contribution in [0.5, 0.6) is 5.75 Å². The number of hydrogen-bond acceptors (Lipinski definition) is 6. The van der Waals surface area contributed by atoms with Crippen molar-refractivity contribution in [1.82, 2.24) is 4.98 Å². The van der Waals surface area contributed by atoms with E-state index in [4.69, 9.17) is 24.9 Å². The molecule has 1 saturated heterocycles. The van der Waals surface area contributed by atoms with E-state index in [-0.39, 0.29) is 17.8 Å². The van der Waals surface area contributed by atoms with Crippen molar-refractivity contribution in [3.05, 3.63) is 48.0 Å². The van der Waals surface area contributed by atoms with Gasteiger partial charge in [0.15, 0.2) is 0 Å². The minimum atomic E-state index is -0.677. The molecular weight excluding hydrogens is 349 g/mol. The van der Waals surface area contributed by atoms with Crippen LogP contribution in [0.25, 0.3) is 11.1 Å². The first-order valence-corrected chi connectivity index (χ1v) is 9.01. The average molecular weight is 369 g/mol. The van der Waals surface area contributed by atoms with Crippen molar-refractivity contribution in [3.63, 3.8) is 0 Å². The van der Waals surface area contributed by atoms with Crippen molar-refractivity contribution >= 4 is 6.02 Å². The number of pyridine rings is 1. The van der Waals surface area contributed by atoms with Gasteiger partial charge in [0, 0.05) is 23.7 Å². The van der Waals surface area contributed by atoms with Gasteiger partial charge in [0.25, 0.3) is 6.02 Å². The van der Waals surface area contributed by atoms with Crippen LogP contribution in [-0.4, -0.2) is 36.4 Å². The summed E-state index contributed by atoms with van der Waals surface area (Å²) in [5.41, 5.74) is 7.25. The summed E-state index contributed by atoms with van der Waals surface area (Å²) in [6.07, 6.45) is 3.59. The molecular formula is C20H20FN3O3. The van der Waals surface area contributed by atoms with Crippen molar-refractivity contribution < 1.29 is 18.6 Å². The molecule has 0 aliphatic carbocycles. The number of fused-ring (bicyclic) bond motifs is 4. The lowest BCUT2D eigenvalue weighted by atomic mass is 9.66. The van der Waals surface area contributed by atoms with Crippen molar-refractivity contribution in [2.24, 2.45) is 16.6 Å². The van der Waals surface area contributed by atoms with Crippen LogP contribution in [0.1, 0.15) is 18.9 Å². The lowest BCUT2D eigenvalue weighted by molar-refractivity contribution is -0.129. The third kappa shape index (κ3) is 2.41. The van der Waals surface area contributed by atoms with E-state index in [9.17, 15) is 4.39 Å². The van der Waals surface area contributed by atoms with Crippen LogP contribution in [-0.2, 0) is 15.0 Å². The standard InChI is InChI=1S/C20H20FN3O3/c1-19-4-5-25-10-17(19)20(11-26-18(22)24-20)15-7-12(2-3-16(15)27-19)13-6-14(21)9-23-8-13/h2-3,6-9,17H,4-5,10-11H2,1H3,(H2,22,24)/t17-,19+,20+/m1/s1. The Kier molecular flexibility index (Phi) is 3.46. The van der Waals surface area contributed by atoms with Gasteiger partial charge in [-0.15, -0.1) is 0 Å². The molecule has 7 heteroatoms. The highest BCUT2D eigenvalue weighted by Crippen LogP contribution is 2.54. The van der Waals surface area contributed by atoms with Crippen molar-refractivity contribution in [1.29, 1.82) is 0 Å². The summed E-state index contributed by atoms with van der Waals surface area (Å²) < 4.78 is 31.4. The van der Waals surface area contributed by atoms with E-state index in [0.717, 1.165) is 23.3 Å². The minimum Gasteiger partial charge on any atom is -0.487 e. The van der Waals surface area contributed by atoms with E-state index >= 15 is 0 Å². The average Bonchev–Trinajstić information content (AvgIpc) is 3.04. The second-order valence-corrected chi connectivity index (χ2v) is 7.56. The molecule has 2 aromatic rings. The fraction of sp³-hybridized carbons (Fsp3) is 0.400. The molecule has 0 unspecified atom stereocenters. The van der Waals surface area contributed by atoms with Gasteiger partial charge >= 0.3 is 0 Å². The molecule has 0 radical (unpaired) electrons. The third-order valence-electron chi connectivity index (χ3n) is 5.92. The van der Waals surface area contributed by atoms with Gasteiger partial charge in [0.2, 0.25) is 0 Å². The predicted molar refractivity (Wildman–Crippen MR) is 96.8 cm³/mol. The molecule has 3 aliphatic heterocycles. The molecule has 0 amide bonds. The molecule has 3 aliphatic rings. The van der Waals surface area contributed by atoms with Crippen LogP contribution in [0, 0.1) is 11.7 Å². The molecule has 1 fully saturated rings. The maximum atomic E-state index is 13.6. The van der Waals surface area contributed by atoms with Crippen LogP contribution in [0.2, 0.25) is 0 Å². The number of rotatable bonds is 1. The van der Waals surface area contributed by atoms with Gasteiger partial charge in [-0.3, -0.25) is 4.98 Å². The molecule has 1 spiro atoms. The Labute approximate surface area is 156 Å². The number of halogens is 1. The minimum absolute atomic E-state index is 0.0341. The van der Waals surface area contributed by atoms with Crippen LogP contribution in [0.4, 0.5) is 4.39 Å². The van der Waals surface area contributed by atoms with E-state index < -0.39 is 11.1 Å². The highest BCUT2D eigenvalue weighted by molar-refractivity contribution is 5.75. The summed E-state index contributed by atoms with van der Waals surface area (Å²) in [6.45, 7) is 3.59. The molecule has 0 saturated carbocycles. The van der Waals surface area contributed by atoms with Gasteiger partial charge in [0.1, 0.15) is 29.3 Å². The van der Waals surface area contributed by atoms with Crippen LogP contribution in [0.15, 0.2) is 41.7 Å². The number of hydrogen-bond donors (Lipinski definition) is 1. The van der Waals surface area contributed by atoms with Gasteiger partial charge in [-0.25, -0.2) is 9.38 Å². The fourth-order valence-electron chi connectivity index (χ4n) is 4.50. The molecule has 5 rings (SSSR count). The van der Waals surface area contributed by atoms with Gasteiger partial charge in [-0.2, -0.15) is 0 Å². The van der Waals surface area contributed by atoms with Crippen molar-refractivity contribution in [3.8, 4) is 16.9 Å². The van der Waals surface area contributed by atoms with Gasteiger partial charge in [0.05, 0.1) is 25.3 Å². The van der Waals surface area contributed by atoms with Crippen molar-refractivity contribution in [2.75, 3.05) is 19.8 Å². The van der Waals surface area contributed by atoms with Crippen LogP contribution < -0.4 is 10.5 Å². The Bertz CT molecular complexity index is 950. The topological polar surface area (TPSA) is 79.0 Å². The largest absolute Gasteiger partial charge is 0.487 e. The summed E-state index contributed by atoms with van der Waals surface area (Å²) in [5.74, 6) is 0.343. The SMILES string of the molecule is C[C@]12CCOC[C@H]1[C@]1(COC(N)=N1)c1cc(-c3cncc(F)c3)ccc1O2. The van der Waals surface area contributed by atoms with Gasteiger partial charge < -0.3 is 19.9 Å². The Hall–Kier alpha value is -2.67. The van der Waals surface area contributed by atoms with E-state index in [1.54, 1.807) is 6.20 Å². The molecule has 0 bridgehead atoms. The summed E-state index contributed by atoms with van der Waals surface area (Å²) in [4.78, 5) is 8.68. The van der Waals surface area contributed by atoms with E-state index in [0.29, 0.717) is 25.4 Å². The summed E-state index contributed by atoms with van der Waals surface area (Å²) in [6, 6.07) is 7.44. The second-order valence-electron chi connectivity index (χ2n) is 7.56. The van der Waals surface area contributed by atoms with Crippen LogP contribution in [0.3, 0.4) is 0 Å². The number of aliphatic imine (C=N–C) groups is 1. The zero-order valence-corrected chi connectivity index (χ0v) is 14.9. The molecule has 27 heavy (non-hydrogen) atoms. The quantitative estimate of drug-likeness (QED) is 0.836. The maximum absolute atomic E-state index is 13.6. The zero-order chi connectivity index (χ0) is 18.6. The second kappa shape index (κ2) is 5.66. The van der Waals surface area contributed by atoms with E-state index in [1.165, 1.54) is 12.3 Å². The Morgan fingerprint density at radius 2 is 2.11 bits per heavy atom. The molecule has 1 aromatic carbocycles. The van der Waals surface area contributed by atoms with E-state index in [1.807, 2.05) is 18.2 Å². The molecule has 1 aromatic heterocycles. The van der Waals surface area contributed by atoms with Gasteiger partial charge in [-0.05, 0) is 30.7 Å². The third-order valence-corrected chi connectivity index (χ3v) is 5.92. The highest BCUT2D eigenvalue weighted by Gasteiger charge is 2.59. The first-order valence-electron chi connectivity index (χ1n) is 9.01. The van der Waals surface area contributed by atoms with Crippen LogP contribution >= 0.6 is 0 Å². The molecule has 3 atom stereocenters. The fourth-order valence-corrected chi connectivity index (χ4v) is 4.50. The molecule has 6 nitrogen and oxygen atoms in total. The Morgan fingerprint density at radius 1 is 1.22 bits per heavy atom. The van der Waals surface area contributed by atoms with Gasteiger partial charge in [-0.1, -0.05) is 6.07 Å². The smallest absolute Gasteiger partial charge is 0.283 e. The zero-order valence-electron chi connectivity index (χ0n) is 14.9. The number of nitrogens with two attached hydrogens (primary N) is 1. The monoisotopic (exact) mass is 369 g/mol. The Balaban J connectivity index is 1.70. The van der Waals surface area contributed by atoms with Crippen molar-refractivity contribution in [2.45, 2.75) is 24.5 Å². The normalized spacial score (nSPS) is 31.5. The lowest BCUT2D eigenvalue weighted by Gasteiger charge is -2.52. The highest BCUT2D eigenvalue weighted by atomic mass is 19.1. The molecule has 2 N–H and O–H groups in total. The maximum Gasteiger partial charge on any atom is 0.283 e. The number of ether oxygens (including phenoxy) is 3. The van der Waals surface area contributed by atoms with E-state index in [2.05, 4.69) is 11.9 Å². The summed E-state index contributed by atoms with van der Waals surface area (Å²) in [5, 5.41) is 0. The first-order chi connectivity index (χ1) is 13.0. The number of amidine groups is 1. The number of nitrogens with zero attached hydrogens (tertiary/aromatic N) is 2.